The molecule has 0 aliphatic carbocycles. The van der Waals surface area contributed by atoms with Gasteiger partial charge in [0.15, 0.2) is 0 Å². The highest BCUT2D eigenvalue weighted by Gasteiger charge is 2.40. The van der Waals surface area contributed by atoms with E-state index >= 15 is 0 Å². The van der Waals surface area contributed by atoms with Crippen LogP contribution in [-0.4, -0.2) is 18.4 Å². The van der Waals surface area contributed by atoms with Gasteiger partial charge in [0.25, 0.3) is 11.8 Å². The molecule has 0 aromatic heterocycles. The fraction of sp³-hybridized carbons (Fsp3) is 0.0833. The molecule has 0 radical (unpaired) electrons. The molecule has 0 bridgehead atoms. The van der Waals surface area contributed by atoms with Crippen molar-refractivity contribution in [3.63, 3.8) is 0 Å². The van der Waals surface area contributed by atoms with E-state index in [0.29, 0.717) is 23.6 Å². The van der Waals surface area contributed by atoms with Gasteiger partial charge in [0.05, 0.1) is 22.9 Å². The molecule has 5 nitrogen and oxygen atoms in total. The third-order valence-corrected chi connectivity index (χ3v) is 5.08. The smallest absolute Gasteiger partial charge is 0.282 e. The molecule has 0 fully saturated rings. The van der Waals surface area contributed by atoms with Gasteiger partial charge in [-0.2, -0.15) is 0 Å². The lowest BCUT2D eigenvalue weighted by molar-refractivity contribution is -0.120. The van der Waals surface area contributed by atoms with E-state index in [-0.39, 0.29) is 22.0 Å². The molecule has 1 N–H and O–H groups in total. The number of hydrogen-bond acceptors (Lipinski definition) is 4. The first-order chi connectivity index (χ1) is 15.4. The van der Waals surface area contributed by atoms with Crippen molar-refractivity contribution < 1.29 is 23.1 Å². The molecule has 0 saturated heterocycles. The van der Waals surface area contributed by atoms with Crippen LogP contribution in [-0.2, 0) is 9.59 Å². The number of anilines is 2. The number of halogens is 3. The van der Waals surface area contributed by atoms with Gasteiger partial charge >= 0.3 is 0 Å². The molecular weight excluding hydrogens is 438 g/mol. The Labute approximate surface area is 187 Å². The minimum Gasteiger partial charge on any atom is -0.494 e. The summed E-state index contributed by atoms with van der Waals surface area (Å²) in [6, 6.07) is 15.7. The molecular formula is C24H17ClF2N2O3. The number of amides is 2. The van der Waals surface area contributed by atoms with Gasteiger partial charge in [-0.15, -0.1) is 0 Å². The molecule has 1 aliphatic heterocycles. The molecule has 0 atom stereocenters. The van der Waals surface area contributed by atoms with Crippen molar-refractivity contribution in [3.8, 4) is 5.75 Å². The first kappa shape index (κ1) is 21.5. The maximum Gasteiger partial charge on any atom is 0.282 e. The first-order valence-electron chi connectivity index (χ1n) is 9.73. The second kappa shape index (κ2) is 8.80. The number of rotatable bonds is 6. The van der Waals surface area contributed by atoms with Gasteiger partial charge in [-0.05, 0) is 55.0 Å². The third kappa shape index (κ3) is 4.07. The fourth-order valence-electron chi connectivity index (χ4n) is 3.36. The zero-order valence-corrected chi connectivity index (χ0v) is 17.6. The summed E-state index contributed by atoms with van der Waals surface area (Å²) in [5, 5.41) is 2.77. The van der Waals surface area contributed by atoms with E-state index in [1.165, 1.54) is 36.4 Å². The van der Waals surface area contributed by atoms with Crippen LogP contribution in [0, 0.1) is 11.6 Å². The maximum absolute atomic E-state index is 13.6. The van der Waals surface area contributed by atoms with Gasteiger partial charge in [-0.3, -0.25) is 9.59 Å². The molecule has 0 unspecified atom stereocenters. The molecule has 3 aromatic rings. The molecule has 0 saturated carbocycles. The number of hydrogen-bond donors (Lipinski definition) is 1. The van der Waals surface area contributed by atoms with E-state index in [4.69, 9.17) is 16.3 Å². The average molecular weight is 455 g/mol. The minimum atomic E-state index is -0.674. The Bertz CT molecular complexity index is 1240. The Morgan fingerprint density at radius 3 is 2.41 bits per heavy atom. The summed E-state index contributed by atoms with van der Waals surface area (Å²) in [4.78, 5) is 27.5. The zero-order chi connectivity index (χ0) is 22.8. The predicted octanol–water partition coefficient (Wildman–Crippen LogP) is 5.41. The van der Waals surface area contributed by atoms with Crippen molar-refractivity contribution in [3.05, 3.63) is 94.6 Å². The predicted molar refractivity (Wildman–Crippen MR) is 118 cm³/mol. The highest BCUT2D eigenvalue weighted by atomic mass is 35.5. The van der Waals surface area contributed by atoms with Crippen molar-refractivity contribution in [1.82, 2.24) is 0 Å². The van der Waals surface area contributed by atoms with E-state index in [0.717, 1.165) is 11.0 Å². The van der Waals surface area contributed by atoms with Crippen LogP contribution in [0.3, 0.4) is 0 Å². The van der Waals surface area contributed by atoms with Crippen LogP contribution < -0.4 is 15.0 Å². The summed E-state index contributed by atoms with van der Waals surface area (Å²) in [6.45, 7) is 2.31. The second-order valence-corrected chi connectivity index (χ2v) is 7.29. The summed E-state index contributed by atoms with van der Waals surface area (Å²) in [5.74, 6) is -1.87. The molecule has 8 heteroatoms. The Balaban J connectivity index is 1.80. The number of benzene rings is 3. The molecule has 2 amide bonds. The third-order valence-electron chi connectivity index (χ3n) is 4.79. The second-order valence-electron chi connectivity index (χ2n) is 6.89. The zero-order valence-electron chi connectivity index (χ0n) is 16.9. The molecule has 32 heavy (non-hydrogen) atoms. The Morgan fingerprint density at radius 2 is 1.72 bits per heavy atom. The number of ether oxygens (including phenoxy) is 1. The Hall–Kier alpha value is -3.71. The van der Waals surface area contributed by atoms with Crippen LogP contribution in [0.1, 0.15) is 12.5 Å². The molecule has 1 aliphatic rings. The van der Waals surface area contributed by atoms with E-state index in [2.05, 4.69) is 5.32 Å². The largest absolute Gasteiger partial charge is 0.494 e. The summed E-state index contributed by atoms with van der Waals surface area (Å²) in [5.41, 5.74) is 1.04. The topological polar surface area (TPSA) is 58.6 Å². The van der Waals surface area contributed by atoms with E-state index in [9.17, 15) is 18.4 Å². The van der Waals surface area contributed by atoms with Crippen LogP contribution in [0.4, 0.5) is 20.2 Å². The van der Waals surface area contributed by atoms with Crippen LogP contribution in [0.2, 0.25) is 5.02 Å². The molecule has 3 aromatic carbocycles. The van der Waals surface area contributed by atoms with Crippen molar-refractivity contribution in [2.45, 2.75) is 6.92 Å². The number of imide groups is 1. The van der Waals surface area contributed by atoms with Crippen LogP contribution in [0.15, 0.2) is 72.4 Å². The van der Waals surface area contributed by atoms with Crippen molar-refractivity contribution in [2.75, 3.05) is 16.8 Å². The first-order valence-corrected chi connectivity index (χ1v) is 10.1. The molecule has 162 valence electrons. The van der Waals surface area contributed by atoms with Gasteiger partial charge in [-0.25, -0.2) is 13.7 Å². The highest BCUT2D eigenvalue weighted by Crippen LogP contribution is 2.35. The Morgan fingerprint density at radius 1 is 0.969 bits per heavy atom. The number of carbonyl (C=O) groups is 2. The van der Waals surface area contributed by atoms with Gasteiger partial charge in [0.2, 0.25) is 0 Å². The van der Waals surface area contributed by atoms with Crippen molar-refractivity contribution >= 4 is 40.4 Å². The van der Waals surface area contributed by atoms with Crippen LogP contribution in [0.5, 0.6) is 5.75 Å². The number of carbonyl (C=O) groups excluding carboxylic acids is 2. The number of nitrogens with zero attached hydrogens (tertiary/aromatic N) is 1. The highest BCUT2D eigenvalue weighted by molar-refractivity contribution is 6.46. The summed E-state index contributed by atoms with van der Waals surface area (Å²) in [6.07, 6.45) is 0. The summed E-state index contributed by atoms with van der Waals surface area (Å²) >= 11 is 5.86. The van der Waals surface area contributed by atoms with E-state index in [1.807, 2.05) is 6.92 Å². The maximum atomic E-state index is 13.6. The molecule has 1 heterocycles. The average Bonchev–Trinajstić information content (AvgIpc) is 3.01. The van der Waals surface area contributed by atoms with E-state index in [1.54, 1.807) is 24.3 Å². The number of nitrogens with one attached hydrogen (secondary N) is 1. The van der Waals surface area contributed by atoms with Crippen molar-refractivity contribution in [2.24, 2.45) is 0 Å². The lowest BCUT2D eigenvalue weighted by Gasteiger charge is -2.16. The summed E-state index contributed by atoms with van der Waals surface area (Å²) in [7, 11) is 0. The van der Waals surface area contributed by atoms with Gasteiger partial charge in [-0.1, -0.05) is 29.8 Å². The molecule has 0 spiro atoms. The normalized spacial score (nSPS) is 13.7. The Kier molecular flexibility index (Phi) is 5.92. The fourth-order valence-corrected chi connectivity index (χ4v) is 3.54. The minimum absolute atomic E-state index is 0.00398. The monoisotopic (exact) mass is 454 g/mol. The van der Waals surface area contributed by atoms with E-state index < -0.39 is 23.4 Å². The lowest BCUT2D eigenvalue weighted by Crippen LogP contribution is -2.32. The SMILES string of the molecule is CCOc1cccc(NC2=C(c3ccc(F)cc3)C(=O)N(c3ccc(F)c(Cl)c3)C2=O)c1. The quantitative estimate of drug-likeness (QED) is 0.506. The van der Waals surface area contributed by atoms with Gasteiger partial charge in [0.1, 0.15) is 23.1 Å². The summed E-state index contributed by atoms with van der Waals surface area (Å²) < 4.78 is 32.6. The van der Waals surface area contributed by atoms with Gasteiger partial charge < -0.3 is 10.1 Å². The lowest BCUT2D eigenvalue weighted by atomic mass is 10.0. The standard InChI is InChI=1S/C24H17ClF2N2O3/c1-2-32-18-5-3-4-16(12-18)28-22-21(14-6-8-15(26)9-7-14)23(30)29(24(22)31)17-10-11-20(27)19(25)13-17/h3-13,28H,2H2,1H3. The van der Waals surface area contributed by atoms with Crippen LogP contribution in [0.25, 0.3) is 5.57 Å². The van der Waals surface area contributed by atoms with Crippen molar-refractivity contribution in [1.29, 1.82) is 0 Å². The van der Waals surface area contributed by atoms with Gasteiger partial charge in [0, 0.05) is 11.8 Å². The molecule has 4 rings (SSSR count). The van der Waals surface area contributed by atoms with Crippen LogP contribution >= 0.6 is 11.6 Å².